The van der Waals surface area contributed by atoms with Crippen LogP contribution in [0.25, 0.3) is 127 Å². The lowest BCUT2D eigenvalue weighted by Crippen LogP contribution is -2.21. The smallest absolute Gasteiger partial charge is 0.0892 e. The van der Waals surface area contributed by atoms with Crippen LogP contribution in [-0.2, 0) is 0 Å². The Morgan fingerprint density at radius 2 is 0.614 bits per heavy atom. The second-order valence-corrected chi connectivity index (χ2v) is 20.7. The molecule has 0 N–H and O–H groups in total. The molecule has 13 aromatic rings. The van der Waals surface area contributed by atoms with E-state index in [0.717, 1.165) is 0 Å². The van der Waals surface area contributed by atoms with E-state index in [9.17, 15) is 0 Å². The van der Waals surface area contributed by atoms with E-state index >= 15 is 0 Å². The van der Waals surface area contributed by atoms with Crippen LogP contribution in [0.15, 0.2) is 261 Å². The average molecular weight is 904 g/mol. The number of hydrogen-bond acceptors (Lipinski definition) is 0. The summed E-state index contributed by atoms with van der Waals surface area (Å²) in [5.41, 5.74) is 21.3. The summed E-state index contributed by atoms with van der Waals surface area (Å²) >= 11 is 0. The van der Waals surface area contributed by atoms with Crippen LogP contribution in [0.4, 0.5) is 0 Å². The Kier molecular flexibility index (Phi) is 9.46. The van der Waals surface area contributed by atoms with Gasteiger partial charge in [0.05, 0.1) is 20.6 Å². The third-order valence-electron chi connectivity index (χ3n) is 14.9. The first kappa shape index (κ1) is 40.3. The minimum atomic E-state index is -0.715. The molecule has 0 unspecified atom stereocenters. The molecular weight excluding hydrogens is 859 g/mol. The summed E-state index contributed by atoms with van der Waals surface area (Å²) in [6.07, 6.45) is 0. The molecule has 1 aliphatic heterocycles. The number of rotatable bonds is 7. The summed E-state index contributed by atoms with van der Waals surface area (Å²) in [6.45, 7) is 0. The van der Waals surface area contributed by atoms with Gasteiger partial charge in [0.1, 0.15) is 0 Å². The molecule has 1 nitrogen and oxygen atoms in total. The normalized spacial score (nSPS) is 12.3. The van der Waals surface area contributed by atoms with Gasteiger partial charge in [-0.05, 0) is 136 Å². The van der Waals surface area contributed by atoms with E-state index < -0.39 is 9.52 Å². The molecule has 2 heteroatoms. The van der Waals surface area contributed by atoms with Crippen molar-refractivity contribution >= 4 is 63.2 Å². The van der Waals surface area contributed by atoms with Crippen LogP contribution in [0.3, 0.4) is 0 Å². The Morgan fingerprint density at radius 1 is 0.229 bits per heavy atom. The lowest BCUT2D eigenvalue weighted by molar-refractivity contribution is 1.18. The Hall–Kier alpha value is -8.82. The quantitative estimate of drug-likeness (QED) is 0.140. The zero-order chi connectivity index (χ0) is 46.1. The first-order valence-corrected chi connectivity index (χ1v) is 25.8. The van der Waals surface area contributed by atoms with Gasteiger partial charge in [-0.3, -0.25) is 0 Å². The standard InChI is InChI=1S/C68H45NSi/c1-2-10-44(11-3-1)45-20-22-48(23-21-45)55-32-36-61-62-37-35-56(43-68(62)70-67(61)42-55)69-65-38-33-53(46-24-28-51(29-25-46)59-18-8-14-49-12-4-6-16-57(49)59)40-63(65)64-41-54(34-39-66(64)69)47-26-30-52(31-27-47)60-19-9-15-50-13-5-7-17-58(50)60/h1-43H,70H2. The van der Waals surface area contributed by atoms with Crippen molar-refractivity contribution in [1.82, 2.24) is 4.57 Å². The highest BCUT2D eigenvalue weighted by Crippen LogP contribution is 2.40. The Morgan fingerprint density at radius 3 is 1.16 bits per heavy atom. The van der Waals surface area contributed by atoms with Crippen LogP contribution in [0, 0.1) is 0 Å². The molecule has 0 spiro atoms. The summed E-state index contributed by atoms with van der Waals surface area (Å²) in [6, 6.07) is 96.9. The SMILES string of the molecule is c1ccc(-c2ccc(-c3ccc4c(c3)[SiH2]c3cc(-n5c6ccc(-c7ccc(-c8cccc9ccccc89)cc7)cc6c6cc(-c7ccc(-c8cccc9ccccc89)cc7)ccc65)ccc3-4)cc2)cc1. The molecule has 0 fully saturated rings. The van der Waals surface area contributed by atoms with Gasteiger partial charge in [-0.25, -0.2) is 0 Å². The fraction of sp³-hybridized carbons (Fsp3) is 0. The van der Waals surface area contributed by atoms with Gasteiger partial charge in [0.25, 0.3) is 0 Å². The molecule has 0 saturated heterocycles. The number of nitrogens with zero attached hydrogens (tertiary/aromatic N) is 1. The monoisotopic (exact) mass is 903 g/mol. The first-order valence-electron chi connectivity index (χ1n) is 24.3. The predicted molar refractivity (Wildman–Crippen MR) is 302 cm³/mol. The van der Waals surface area contributed by atoms with Crippen LogP contribution >= 0.6 is 0 Å². The second-order valence-electron chi connectivity index (χ2n) is 18.8. The molecule has 1 aliphatic rings. The minimum Gasteiger partial charge on any atom is -0.309 e. The van der Waals surface area contributed by atoms with Crippen LogP contribution < -0.4 is 10.4 Å². The van der Waals surface area contributed by atoms with Gasteiger partial charge < -0.3 is 4.57 Å². The molecular formula is C68H45NSi. The van der Waals surface area contributed by atoms with E-state index in [-0.39, 0.29) is 0 Å². The topological polar surface area (TPSA) is 4.93 Å². The van der Waals surface area contributed by atoms with Gasteiger partial charge in [0.15, 0.2) is 0 Å². The van der Waals surface area contributed by atoms with Crippen molar-refractivity contribution in [2.75, 3.05) is 0 Å². The lowest BCUT2D eigenvalue weighted by atomic mass is 9.95. The fourth-order valence-corrected chi connectivity index (χ4v) is 13.3. The van der Waals surface area contributed by atoms with Crippen LogP contribution in [0.5, 0.6) is 0 Å². The van der Waals surface area contributed by atoms with Gasteiger partial charge in [0.2, 0.25) is 0 Å². The number of fused-ring (bicyclic) bond motifs is 8. The Labute approximate surface area is 410 Å². The molecule has 2 heterocycles. The molecule has 0 aliphatic carbocycles. The third kappa shape index (κ3) is 6.84. The van der Waals surface area contributed by atoms with Gasteiger partial charge in [0, 0.05) is 16.5 Å². The lowest BCUT2D eigenvalue weighted by Gasteiger charge is -2.12. The zero-order valence-electron chi connectivity index (χ0n) is 38.5. The van der Waals surface area contributed by atoms with Crippen molar-refractivity contribution in [3.63, 3.8) is 0 Å². The summed E-state index contributed by atoms with van der Waals surface area (Å²) in [5.74, 6) is 0. The predicted octanol–water partition coefficient (Wildman–Crippen LogP) is 16.2. The van der Waals surface area contributed by atoms with Crippen molar-refractivity contribution in [2.45, 2.75) is 0 Å². The first-order chi connectivity index (χ1) is 34.7. The summed E-state index contributed by atoms with van der Waals surface area (Å²) < 4.78 is 2.50. The van der Waals surface area contributed by atoms with Crippen molar-refractivity contribution in [2.24, 2.45) is 0 Å². The van der Waals surface area contributed by atoms with Crippen molar-refractivity contribution in [1.29, 1.82) is 0 Å². The van der Waals surface area contributed by atoms with E-state index in [1.807, 2.05) is 0 Å². The number of benzene rings is 12. The number of hydrogen-bond donors (Lipinski definition) is 0. The largest absolute Gasteiger partial charge is 0.309 e. The van der Waals surface area contributed by atoms with Crippen molar-refractivity contribution in [3.8, 4) is 83.6 Å². The third-order valence-corrected chi connectivity index (χ3v) is 16.8. The zero-order valence-corrected chi connectivity index (χ0v) is 39.9. The van der Waals surface area contributed by atoms with E-state index in [1.165, 1.54) is 137 Å². The van der Waals surface area contributed by atoms with Gasteiger partial charge in [-0.15, -0.1) is 0 Å². The molecule has 0 atom stereocenters. The van der Waals surface area contributed by atoms with E-state index in [0.29, 0.717) is 0 Å². The van der Waals surface area contributed by atoms with E-state index in [2.05, 4.69) is 265 Å². The Bertz CT molecular complexity index is 3970. The molecule has 0 bridgehead atoms. The van der Waals surface area contributed by atoms with Crippen molar-refractivity contribution in [3.05, 3.63) is 261 Å². The maximum Gasteiger partial charge on any atom is 0.0892 e. The minimum absolute atomic E-state index is 0.715. The Balaban J connectivity index is 0.845. The van der Waals surface area contributed by atoms with Crippen LogP contribution in [0.1, 0.15) is 0 Å². The number of aromatic nitrogens is 1. The molecule has 70 heavy (non-hydrogen) atoms. The highest BCUT2D eigenvalue weighted by atomic mass is 28.2. The summed E-state index contributed by atoms with van der Waals surface area (Å²) in [5, 5.41) is 10.6. The second kappa shape index (κ2) is 16.5. The summed E-state index contributed by atoms with van der Waals surface area (Å²) in [4.78, 5) is 0. The van der Waals surface area contributed by atoms with E-state index in [1.54, 1.807) is 0 Å². The van der Waals surface area contributed by atoms with Crippen LogP contribution in [-0.4, -0.2) is 14.1 Å². The highest BCUT2D eigenvalue weighted by Gasteiger charge is 2.22. The van der Waals surface area contributed by atoms with Gasteiger partial charge in [-0.2, -0.15) is 0 Å². The maximum absolute atomic E-state index is 2.50. The fourth-order valence-electron chi connectivity index (χ4n) is 11.3. The molecule has 14 rings (SSSR count). The maximum atomic E-state index is 2.50. The summed E-state index contributed by atoms with van der Waals surface area (Å²) in [7, 11) is -0.715. The molecule has 12 aromatic carbocycles. The molecule has 326 valence electrons. The molecule has 0 amide bonds. The van der Waals surface area contributed by atoms with Gasteiger partial charge in [-0.1, -0.05) is 235 Å². The molecule has 0 radical (unpaired) electrons. The highest BCUT2D eigenvalue weighted by molar-refractivity contribution is 6.73. The van der Waals surface area contributed by atoms with E-state index in [4.69, 9.17) is 0 Å². The van der Waals surface area contributed by atoms with Gasteiger partial charge >= 0.3 is 0 Å². The molecule has 1 aromatic heterocycles. The molecule has 0 saturated carbocycles. The van der Waals surface area contributed by atoms with Crippen LogP contribution in [0.2, 0.25) is 0 Å². The van der Waals surface area contributed by atoms with Crippen molar-refractivity contribution < 1.29 is 0 Å². The average Bonchev–Trinajstić information content (AvgIpc) is 3.97.